The van der Waals surface area contributed by atoms with E-state index in [2.05, 4.69) is 29.9 Å². The summed E-state index contributed by atoms with van der Waals surface area (Å²) in [6, 6.07) is 0. The average molecular weight is 632 g/mol. The van der Waals surface area contributed by atoms with Crippen LogP contribution in [-0.4, -0.2) is 29.9 Å². The van der Waals surface area contributed by atoms with Gasteiger partial charge in [-0.25, -0.2) is 29.9 Å². The van der Waals surface area contributed by atoms with E-state index in [1.54, 1.807) is 0 Å². The number of hydrogen-bond donors (Lipinski definition) is 0. The summed E-state index contributed by atoms with van der Waals surface area (Å²) in [6.07, 6.45) is 2.54. The van der Waals surface area contributed by atoms with Crippen LogP contribution >= 0.6 is 139 Å². The summed E-state index contributed by atoms with van der Waals surface area (Å²) in [6.45, 7) is 0. The molecule has 0 radical (unpaired) electrons. The second kappa shape index (κ2) is 10.4. The second-order valence-corrected chi connectivity index (χ2v) is 13.4. The molecule has 0 aliphatic rings. The van der Waals surface area contributed by atoms with E-state index in [9.17, 15) is 0 Å². The highest BCUT2D eigenvalue weighted by atomic mass is 35.6. The summed E-state index contributed by atoms with van der Waals surface area (Å²) in [5.41, 5.74) is 0. The number of halogens is 12. The van der Waals surface area contributed by atoms with Crippen LogP contribution in [0.1, 0.15) is 23.3 Å². The maximum atomic E-state index is 5.62. The van der Waals surface area contributed by atoms with Gasteiger partial charge in [0.1, 0.15) is 12.7 Å². The van der Waals surface area contributed by atoms with E-state index < -0.39 is 15.2 Å². The fraction of sp³-hybridized carbons (Fsp3) is 0.400. The molecule has 18 heteroatoms. The zero-order valence-corrected chi connectivity index (χ0v) is 21.4. The Balaban J connectivity index is 0.000000330. The van der Waals surface area contributed by atoms with Gasteiger partial charge in [0.2, 0.25) is 15.2 Å². The Morgan fingerprint density at radius 1 is 0.429 bits per heavy atom. The molecule has 156 valence electrons. The minimum absolute atomic E-state index is 0.132. The molecule has 2 heterocycles. The van der Waals surface area contributed by atoms with Crippen LogP contribution in [0.3, 0.4) is 0 Å². The lowest BCUT2D eigenvalue weighted by Gasteiger charge is -2.17. The van der Waals surface area contributed by atoms with Crippen LogP contribution in [-0.2, 0) is 15.2 Å². The highest BCUT2D eigenvalue weighted by Gasteiger charge is 2.37. The summed E-state index contributed by atoms with van der Waals surface area (Å²) in [5.74, 6) is -0.854. The normalized spacial score (nSPS) is 13.0. The molecule has 2 aromatic rings. The van der Waals surface area contributed by atoms with Crippen molar-refractivity contribution in [2.75, 3.05) is 0 Å². The molecule has 0 fully saturated rings. The molecule has 2 aromatic heterocycles. The maximum Gasteiger partial charge on any atom is 0.250 e. The summed E-state index contributed by atoms with van der Waals surface area (Å²) in [7, 11) is 0. The number of rotatable bonds is 0. The van der Waals surface area contributed by atoms with Gasteiger partial charge in [-0.15, -0.1) is 0 Å². The van der Waals surface area contributed by atoms with Crippen molar-refractivity contribution in [2.24, 2.45) is 0 Å². The van der Waals surface area contributed by atoms with Crippen molar-refractivity contribution < 1.29 is 0 Å². The Labute approximate surface area is 218 Å². The Morgan fingerprint density at radius 3 is 0.857 bits per heavy atom. The summed E-state index contributed by atoms with van der Waals surface area (Å²) >= 11 is 66.9. The van der Waals surface area contributed by atoms with Crippen molar-refractivity contribution in [3.05, 3.63) is 36.0 Å². The van der Waals surface area contributed by atoms with Crippen molar-refractivity contribution in [3.8, 4) is 0 Å². The van der Waals surface area contributed by atoms with Gasteiger partial charge in [-0.2, -0.15) is 0 Å². The number of alkyl halides is 12. The summed E-state index contributed by atoms with van der Waals surface area (Å²) in [5, 5.41) is 0. The molecule has 6 nitrogen and oxygen atoms in total. The quantitative estimate of drug-likeness (QED) is 0.290. The molecule has 0 aromatic carbocycles. The van der Waals surface area contributed by atoms with Gasteiger partial charge in [0.25, 0.3) is 0 Å². The molecule has 2 rings (SSSR count). The van der Waals surface area contributed by atoms with Crippen molar-refractivity contribution in [3.63, 3.8) is 0 Å². The van der Waals surface area contributed by atoms with Crippen LogP contribution in [0.15, 0.2) is 12.7 Å². The van der Waals surface area contributed by atoms with Crippen molar-refractivity contribution >= 4 is 139 Å². The van der Waals surface area contributed by atoms with E-state index in [-0.39, 0.29) is 23.3 Å². The van der Waals surface area contributed by atoms with Gasteiger partial charge in [0.05, 0.1) is 0 Å². The van der Waals surface area contributed by atoms with Crippen molar-refractivity contribution in [2.45, 2.75) is 15.2 Å². The van der Waals surface area contributed by atoms with Gasteiger partial charge in [-0.1, -0.05) is 139 Å². The van der Waals surface area contributed by atoms with Crippen molar-refractivity contribution in [1.29, 1.82) is 0 Å². The lowest BCUT2D eigenvalue weighted by Crippen LogP contribution is -2.21. The highest BCUT2D eigenvalue weighted by Crippen LogP contribution is 2.43. The predicted octanol–water partition coefficient (Wildman–Crippen LogP) is 7.05. The third kappa shape index (κ3) is 9.33. The first-order valence-corrected chi connectivity index (χ1v) is 10.6. The van der Waals surface area contributed by atoms with E-state index in [1.807, 2.05) is 0 Å². The largest absolute Gasteiger partial charge is 0.250 e. The van der Waals surface area contributed by atoms with Crippen LogP contribution in [0.4, 0.5) is 0 Å². The standard InChI is InChI=1S/C6Cl9N3.C4H2Cl3N3/c7-4(8,9)1-16-2(5(10,11)12)18-3(17-1)6(13,14)15;5-4(6,7)3-9-1-8-2-10-3/h;1-2H. The molecule has 0 aliphatic carbocycles. The lowest BCUT2D eigenvalue weighted by atomic mass is 10.5. The Hall–Kier alpha value is 1.50. The molecular formula is C10H2Cl12N6. The van der Waals surface area contributed by atoms with Gasteiger partial charge in [-0.05, 0) is 0 Å². The summed E-state index contributed by atoms with van der Waals surface area (Å²) < 4.78 is -7.52. The SMILES string of the molecule is ClC(Cl)(Cl)c1nc(C(Cl)(Cl)Cl)nc(C(Cl)(Cl)Cl)n1.ClC(Cl)(Cl)c1ncncn1. The van der Waals surface area contributed by atoms with E-state index in [4.69, 9.17) is 139 Å². The Kier molecular flexibility index (Phi) is 10.2. The molecule has 0 bridgehead atoms. The first-order valence-electron chi connectivity index (χ1n) is 6.09. The molecule has 0 amide bonds. The third-order valence-electron chi connectivity index (χ3n) is 2.14. The molecule has 28 heavy (non-hydrogen) atoms. The fourth-order valence-electron chi connectivity index (χ4n) is 1.14. The number of hydrogen-bond acceptors (Lipinski definition) is 6. The molecule has 0 saturated carbocycles. The Morgan fingerprint density at radius 2 is 0.679 bits per heavy atom. The first-order chi connectivity index (χ1) is 12.4. The van der Waals surface area contributed by atoms with E-state index in [1.165, 1.54) is 12.7 Å². The fourth-order valence-corrected chi connectivity index (χ4v) is 2.20. The molecule has 0 saturated heterocycles. The first kappa shape index (κ1) is 27.5. The van der Waals surface area contributed by atoms with Crippen LogP contribution < -0.4 is 0 Å². The molecule has 0 unspecified atom stereocenters. The maximum absolute atomic E-state index is 5.62. The number of aromatic nitrogens is 6. The minimum Gasteiger partial charge on any atom is -0.225 e. The lowest BCUT2D eigenvalue weighted by molar-refractivity contribution is 0.789. The van der Waals surface area contributed by atoms with Gasteiger partial charge < -0.3 is 0 Å². The monoisotopic (exact) mass is 626 g/mol. The predicted molar refractivity (Wildman–Crippen MR) is 117 cm³/mol. The summed E-state index contributed by atoms with van der Waals surface area (Å²) in [4.78, 5) is 21.9. The molecule has 0 spiro atoms. The van der Waals surface area contributed by atoms with Crippen LogP contribution in [0.25, 0.3) is 0 Å². The zero-order valence-electron chi connectivity index (χ0n) is 12.4. The van der Waals surface area contributed by atoms with Gasteiger partial charge in [0.15, 0.2) is 23.3 Å². The topological polar surface area (TPSA) is 77.3 Å². The van der Waals surface area contributed by atoms with E-state index in [0.717, 1.165) is 0 Å². The third-order valence-corrected chi connectivity index (χ3v) is 4.17. The van der Waals surface area contributed by atoms with E-state index >= 15 is 0 Å². The Bertz CT molecular complexity index is 700. The zero-order chi connectivity index (χ0) is 22.0. The van der Waals surface area contributed by atoms with E-state index in [0.29, 0.717) is 0 Å². The smallest absolute Gasteiger partial charge is 0.225 e. The minimum atomic E-state index is -1.99. The van der Waals surface area contributed by atoms with Crippen LogP contribution in [0, 0.1) is 0 Å². The number of nitrogens with zero attached hydrogens (tertiary/aromatic N) is 6. The van der Waals surface area contributed by atoms with Crippen molar-refractivity contribution in [1.82, 2.24) is 29.9 Å². The van der Waals surface area contributed by atoms with Gasteiger partial charge in [0, 0.05) is 0 Å². The molecular weight excluding hydrogens is 630 g/mol. The second-order valence-electron chi connectivity index (χ2n) is 4.26. The molecule has 0 N–H and O–H groups in total. The van der Waals surface area contributed by atoms with Gasteiger partial charge in [-0.3, -0.25) is 0 Å². The van der Waals surface area contributed by atoms with Crippen LogP contribution in [0.2, 0.25) is 0 Å². The van der Waals surface area contributed by atoms with Crippen LogP contribution in [0.5, 0.6) is 0 Å². The average Bonchev–Trinajstić information content (AvgIpc) is 2.52. The molecule has 0 aliphatic heterocycles. The molecule has 0 atom stereocenters. The highest BCUT2D eigenvalue weighted by molar-refractivity contribution is 6.68. The van der Waals surface area contributed by atoms with Gasteiger partial charge >= 0.3 is 0 Å².